The lowest BCUT2D eigenvalue weighted by atomic mass is 9.99. The third-order valence-electron chi connectivity index (χ3n) is 6.33. The van der Waals surface area contributed by atoms with Crippen LogP contribution in [0.4, 0.5) is 0 Å². The van der Waals surface area contributed by atoms with Crippen LogP contribution in [0.5, 0.6) is 5.75 Å². The normalized spacial score (nSPS) is 19.9. The van der Waals surface area contributed by atoms with Crippen molar-refractivity contribution in [1.29, 1.82) is 0 Å². The van der Waals surface area contributed by atoms with Crippen LogP contribution < -0.4 is 10.1 Å². The summed E-state index contributed by atoms with van der Waals surface area (Å²) in [4.78, 5) is 13.1. The van der Waals surface area contributed by atoms with Gasteiger partial charge in [0.15, 0.2) is 0 Å². The summed E-state index contributed by atoms with van der Waals surface area (Å²) >= 11 is 0. The highest BCUT2D eigenvalue weighted by atomic mass is 32.2. The zero-order valence-corrected chi connectivity index (χ0v) is 21.1. The fourth-order valence-electron chi connectivity index (χ4n) is 4.39. The second kappa shape index (κ2) is 11.1. The Morgan fingerprint density at radius 3 is 2.11 bits per heavy atom. The number of benzene rings is 2. The molecule has 2 saturated heterocycles. The zero-order valence-electron chi connectivity index (χ0n) is 19.5. The Balaban J connectivity index is 1.24. The van der Waals surface area contributed by atoms with Crippen molar-refractivity contribution in [2.45, 2.75) is 35.5 Å². The smallest absolute Gasteiger partial charge is 0.243 e. The largest absolute Gasteiger partial charge is 0.492 e. The number of sulfonamides is 2. The number of ether oxygens (including phenoxy) is 1. The van der Waals surface area contributed by atoms with E-state index in [9.17, 15) is 21.6 Å². The lowest BCUT2D eigenvalue weighted by molar-refractivity contribution is -0.126. The van der Waals surface area contributed by atoms with E-state index in [-0.39, 0.29) is 35.4 Å². The molecule has 2 aliphatic rings. The van der Waals surface area contributed by atoms with Crippen molar-refractivity contribution in [3.8, 4) is 5.75 Å². The van der Waals surface area contributed by atoms with Crippen LogP contribution in [0, 0.1) is 5.92 Å². The number of nitrogens with one attached hydrogen (secondary N) is 1. The van der Waals surface area contributed by atoms with Crippen LogP contribution in [0.2, 0.25) is 0 Å². The van der Waals surface area contributed by atoms with Gasteiger partial charge in [0.1, 0.15) is 12.4 Å². The van der Waals surface area contributed by atoms with E-state index >= 15 is 0 Å². The lowest BCUT2D eigenvalue weighted by Crippen LogP contribution is -2.45. The molecule has 2 aromatic rings. The van der Waals surface area contributed by atoms with Crippen LogP contribution in [0.1, 0.15) is 25.7 Å². The average molecular weight is 522 g/mol. The minimum atomic E-state index is -3.63. The summed E-state index contributed by atoms with van der Waals surface area (Å²) in [5.41, 5.74) is 0. The molecule has 2 aromatic carbocycles. The average Bonchev–Trinajstić information content (AvgIpc) is 3.44. The Morgan fingerprint density at radius 1 is 0.829 bits per heavy atom. The second-order valence-corrected chi connectivity index (χ2v) is 12.6. The Bertz CT molecular complexity index is 1210. The van der Waals surface area contributed by atoms with E-state index in [0.717, 1.165) is 12.8 Å². The monoisotopic (exact) mass is 521 g/mol. The van der Waals surface area contributed by atoms with Gasteiger partial charge >= 0.3 is 0 Å². The highest BCUT2D eigenvalue weighted by Gasteiger charge is 2.33. The minimum Gasteiger partial charge on any atom is -0.492 e. The van der Waals surface area contributed by atoms with Crippen molar-refractivity contribution in [3.05, 3.63) is 54.6 Å². The molecule has 11 heteroatoms. The van der Waals surface area contributed by atoms with Gasteiger partial charge in [-0.3, -0.25) is 4.79 Å². The standard InChI is InChI=1S/C24H31N3O6S2/c28-24(20-7-6-17-27(19-20)35(31,32)22-8-2-1-3-9-22)25-14-18-33-21-10-12-23(13-11-21)34(29,30)26-15-4-5-16-26/h1-3,8-13,20H,4-7,14-19H2,(H,25,28)/t20-/m0/s1. The maximum absolute atomic E-state index is 12.9. The molecule has 0 bridgehead atoms. The van der Waals surface area contributed by atoms with Crippen LogP contribution in [-0.4, -0.2) is 70.7 Å². The number of rotatable bonds is 9. The highest BCUT2D eigenvalue weighted by Crippen LogP contribution is 2.24. The van der Waals surface area contributed by atoms with Crippen molar-refractivity contribution in [1.82, 2.24) is 13.9 Å². The van der Waals surface area contributed by atoms with E-state index in [2.05, 4.69) is 5.32 Å². The van der Waals surface area contributed by atoms with Gasteiger partial charge in [-0.2, -0.15) is 8.61 Å². The summed E-state index contributed by atoms with van der Waals surface area (Å²) in [7, 11) is -7.09. The Labute approximate surface area is 207 Å². The molecule has 0 saturated carbocycles. The SMILES string of the molecule is O=C(NCCOc1ccc(S(=O)(=O)N2CCCC2)cc1)[C@H]1CCCN(S(=O)(=O)c2ccccc2)C1. The number of hydrogen-bond acceptors (Lipinski definition) is 6. The summed E-state index contributed by atoms with van der Waals surface area (Å²) in [5.74, 6) is -0.108. The van der Waals surface area contributed by atoms with E-state index in [1.54, 1.807) is 42.5 Å². The molecule has 0 unspecified atom stereocenters. The van der Waals surface area contributed by atoms with Crippen LogP contribution in [0.15, 0.2) is 64.4 Å². The van der Waals surface area contributed by atoms with Crippen molar-refractivity contribution in [2.75, 3.05) is 39.3 Å². The molecule has 0 spiro atoms. The zero-order chi connectivity index (χ0) is 24.9. The number of carbonyl (C=O) groups excluding carboxylic acids is 1. The van der Waals surface area contributed by atoms with Gasteiger partial charge in [0, 0.05) is 26.2 Å². The molecule has 1 atom stereocenters. The van der Waals surface area contributed by atoms with Gasteiger partial charge in [-0.05, 0) is 62.1 Å². The third-order valence-corrected chi connectivity index (χ3v) is 10.1. The second-order valence-electron chi connectivity index (χ2n) is 8.74. The highest BCUT2D eigenvalue weighted by molar-refractivity contribution is 7.89. The van der Waals surface area contributed by atoms with Crippen molar-refractivity contribution >= 4 is 26.0 Å². The molecule has 0 radical (unpaired) electrons. The third kappa shape index (κ3) is 6.03. The van der Waals surface area contributed by atoms with E-state index < -0.39 is 26.0 Å². The number of piperidine rings is 1. The van der Waals surface area contributed by atoms with Gasteiger partial charge in [-0.25, -0.2) is 16.8 Å². The number of carbonyl (C=O) groups is 1. The first-order chi connectivity index (χ1) is 16.8. The van der Waals surface area contributed by atoms with Crippen LogP contribution >= 0.6 is 0 Å². The van der Waals surface area contributed by atoms with E-state index in [1.807, 2.05) is 0 Å². The van der Waals surface area contributed by atoms with Crippen molar-refractivity contribution in [3.63, 3.8) is 0 Å². The predicted octanol–water partition coefficient (Wildman–Crippen LogP) is 2.07. The van der Waals surface area contributed by atoms with E-state index in [0.29, 0.717) is 38.2 Å². The van der Waals surface area contributed by atoms with Gasteiger partial charge in [-0.1, -0.05) is 18.2 Å². The van der Waals surface area contributed by atoms with Crippen molar-refractivity contribution in [2.24, 2.45) is 5.92 Å². The van der Waals surface area contributed by atoms with Gasteiger partial charge in [0.05, 0.1) is 22.3 Å². The molecule has 1 N–H and O–H groups in total. The fraction of sp³-hybridized carbons (Fsp3) is 0.458. The topological polar surface area (TPSA) is 113 Å². The van der Waals surface area contributed by atoms with Crippen LogP contribution in [0.25, 0.3) is 0 Å². The van der Waals surface area contributed by atoms with Gasteiger partial charge in [-0.15, -0.1) is 0 Å². The van der Waals surface area contributed by atoms with Crippen molar-refractivity contribution < 1.29 is 26.4 Å². The number of nitrogens with zero attached hydrogens (tertiary/aromatic N) is 2. The first-order valence-corrected chi connectivity index (χ1v) is 14.7. The fourth-order valence-corrected chi connectivity index (χ4v) is 7.45. The first kappa shape index (κ1) is 25.6. The molecule has 0 aromatic heterocycles. The van der Waals surface area contributed by atoms with Gasteiger partial charge < -0.3 is 10.1 Å². The molecule has 35 heavy (non-hydrogen) atoms. The lowest BCUT2D eigenvalue weighted by Gasteiger charge is -2.31. The minimum absolute atomic E-state index is 0.150. The number of amides is 1. The molecule has 9 nitrogen and oxygen atoms in total. The van der Waals surface area contributed by atoms with E-state index in [1.165, 1.54) is 20.7 Å². The maximum atomic E-state index is 12.9. The Kier molecular flexibility index (Phi) is 8.10. The summed E-state index contributed by atoms with van der Waals surface area (Å²) in [6.07, 6.45) is 3.01. The molecule has 4 rings (SSSR count). The molecule has 2 fully saturated rings. The molecule has 2 heterocycles. The predicted molar refractivity (Wildman–Crippen MR) is 131 cm³/mol. The van der Waals surface area contributed by atoms with Gasteiger partial charge in [0.25, 0.3) is 0 Å². The van der Waals surface area contributed by atoms with Crippen LogP contribution in [-0.2, 0) is 24.8 Å². The Hall–Kier alpha value is -2.47. The summed E-state index contributed by atoms with van der Waals surface area (Å²) in [5, 5.41) is 2.82. The summed E-state index contributed by atoms with van der Waals surface area (Å²) < 4.78 is 59.4. The molecule has 1 amide bonds. The molecule has 2 aliphatic heterocycles. The summed E-state index contributed by atoms with van der Waals surface area (Å²) in [6.45, 7) is 2.12. The summed E-state index contributed by atoms with van der Waals surface area (Å²) in [6, 6.07) is 14.5. The van der Waals surface area contributed by atoms with Crippen LogP contribution in [0.3, 0.4) is 0 Å². The van der Waals surface area contributed by atoms with E-state index in [4.69, 9.17) is 4.74 Å². The quantitative estimate of drug-likeness (QED) is 0.506. The maximum Gasteiger partial charge on any atom is 0.243 e. The molecule has 0 aliphatic carbocycles. The number of hydrogen-bond donors (Lipinski definition) is 1. The molecular weight excluding hydrogens is 490 g/mol. The molecule has 190 valence electrons. The first-order valence-electron chi connectivity index (χ1n) is 11.8. The molecular formula is C24H31N3O6S2. The Morgan fingerprint density at radius 2 is 1.43 bits per heavy atom. The van der Waals surface area contributed by atoms with Gasteiger partial charge in [0.2, 0.25) is 26.0 Å².